The fourth-order valence-electron chi connectivity index (χ4n) is 3.21. The number of carboxylic acid groups (broad SMARTS) is 1. The van der Waals surface area contributed by atoms with Crippen LogP contribution in [-0.2, 0) is 9.53 Å². The first kappa shape index (κ1) is 19.9. The average Bonchev–Trinajstić information content (AvgIpc) is 3.24. The smallest absolute Gasteiger partial charge is 0.303 e. The van der Waals surface area contributed by atoms with Crippen molar-refractivity contribution in [3.63, 3.8) is 0 Å². The highest BCUT2D eigenvalue weighted by Gasteiger charge is 2.18. The molecular weight excluding hydrogens is 358 g/mol. The minimum Gasteiger partial charge on any atom is -0.491 e. The van der Waals surface area contributed by atoms with Crippen molar-refractivity contribution in [2.75, 3.05) is 13.2 Å². The van der Waals surface area contributed by atoms with Crippen LogP contribution >= 0.6 is 0 Å². The highest BCUT2D eigenvalue weighted by molar-refractivity contribution is 5.94. The van der Waals surface area contributed by atoms with Crippen LogP contribution in [0.15, 0.2) is 54.6 Å². The first-order valence-electron chi connectivity index (χ1n) is 9.54. The van der Waals surface area contributed by atoms with Crippen LogP contribution in [0.5, 0.6) is 5.75 Å². The van der Waals surface area contributed by atoms with Gasteiger partial charge < -0.3 is 19.9 Å². The Morgan fingerprint density at radius 3 is 2.71 bits per heavy atom. The summed E-state index contributed by atoms with van der Waals surface area (Å²) < 4.78 is 11.3. The second-order valence-electron chi connectivity index (χ2n) is 6.84. The molecular formula is C22H25NO5. The van der Waals surface area contributed by atoms with Crippen molar-refractivity contribution in [1.29, 1.82) is 0 Å². The molecule has 148 valence electrons. The second-order valence-corrected chi connectivity index (χ2v) is 6.84. The van der Waals surface area contributed by atoms with E-state index in [0.29, 0.717) is 24.3 Å². The molecule has 6 heteroatoms. The van der Waals surface area contributed by atoms with E-state index in [-0.39, 0.29) is 24.5 Å². The van der Waals surface area contributed by atoms with Crippen LogP contribution in [0, 0.1) is 0 Å². The number of aliphatic carboxylic acids is 1. The quantitative estimate of drug-likeness (QED) is 0.691. The van der Waals surface area contributed by atoms with Crippen LogP contribution in [0.25, 0.3) is 0 Å². The molecule has 0 radical (unpaired) electrons. The van der Waals surface area contributed by atoms with Crippen molar-refractivity contribution in [3.05, 3.63) is 65.7 Å². The lowest BCUT2D eigenvalue weighted by Crippen LogP contribution is -2.29. The van der Waals surface area contributed by atoms with E-state index in [1.807, 2.05) is 36.4 Å². The van der Waals surface area contributed by atoms with Crippen molar-refractivity contribution < 1.29 is 24.2 Å². The van der Waals surface area contributed by atoms with Gasteiger partial charge in [-0.15, -0.1) is 0 Å². The Morgan fingerprint density at radius 1 is 1.18 bits per heavy atom. The van der Waals surface area contributed by atoms with Gasteiger partial charge in [-0.05, 0) is 43.0 Å². The molecule has 2 aromatic rings. The largest absolute Gasteiger partial charge is 0.491 e. The van der Waals surface area contributed by atoms with Crippen LogP contribution in [0.1, 0.15) is 47.6 Å². The molecule has 3 rings (SSSR count). The number of carboxylic acids is 1. The number of amides is 1. The fraction of sp³-hybridized carbons (Fsp3) is 0.364. The van der Waals surface area contributed by atoms with E-state index in [1.54, 1.807) is 18.2 Å². The summed E-state index contributed by atoms with van der Waals surface area (Å²) in [6.45, 7) is 1.24. The van der Waals surface area contributed by atoms with Crippen LogP contribution in [0.2, 0.25) is 0 Å². The minimum atomic E-state index is -0.889. The number of rotatable bonds is 9. The molecule has 0 spiro atoms. The molecule has 28 heavy (non-hydrogen) atoms. The highest BCUT2D eigenvalue weighted by Crippen LogP contribution is 2.21. The molecule has 1 aliphatic rings. The lowest BCUT2D eigenvalue weighted by atomic mass is 10.0. The highest BCUT2D eigenvalue weighted by atomic mass is 16.5. The molecule has 1 amide bonds. The van der Waals surface area contributed by atoms with E-state index >= 15 is 0 Å². The van der Waals surface area contributed by atoms with Crippen LogP contribution in [0.3, 0.4) is 0 Å². The van der Waals surface area contributed by atoms with Crippen molar-refractivity contribution in [1.82, 2.24) is 5.32 Å². The maximum atomic E-state index is 12.7. The van der Waals surface area contributed by atoms with Gasteiger partial charge in [-0.2, -0.15) is 0 Å². The lowest BCUT2D eigenvalue weighted by molar-refractivity contribution is -0.137. The average molecular weight is 383 g/mol. The summed E-state index contributed by atoms with van der Waals surface area (Å²) in [4.78, 5) is 23.7. The number of benzene rings is 2. The van der Waals surface area contributed by atoms with Crippen LogP contribution in [0.4, 0.5) is 0 Å². The predicted molar refractivity (Wildman–Crippen MR) is 104 cm³/mol. The van der Waals surface area contributed by atoms with Gasteiger partial charge in [-0.3, -0.25) is 9.59 Å². The van der Waals surface area contributed by atoms with E-state index in [9.17, 15) is 9.59 Å². The van der Waals surface area contributed by atoms with Gasteiger partial charge in [0.1, 0.15) is 12.4 Å². The Balaban J connectivity index is 1.65. The third-order valence-corrected chi connectivity index (χ3v) is 4.71. The summed E-state index contributed by atoms with van der Waals surface area (Å²) in [5, 5.41) is 12.0. The summed E-state index contributed by atoms with van der Waals surface area (Å²) in [7, 11) is 0. The SMILES string of the molecule is O=C(O)CCC(NC(=O)c1cccc(OCC2CCCO2)c1)c1ccccc1. The molecule has 2 unspecified atom stereocenters. The molecule has 0 aromatic heterocycles. The summed E-state index contributed by atoms with van der Waals surface area (Å²) in [5.74, 6) is -0.536. The first-order valence-corrected chi connectivity index (χ1v) is 9.54. The molecule has 2 N–H and O–H groups in total. The Morgan fingerprint density at radius 2 is 2.00 bits per heavy atom. The van der Waals surface area contributed by atoms with Crippen molar-refractivity contribution in [2.24, 2.45) is 0 Å². The monoisotopic (exact) mass is 383 g/mol. The number of ether oxygens (including phenoxy) is 2. The molecule has 1 heterocycles. The molecule has 0 aliphatic carbocycles. The Kier molecular flexibility index (Phi) is 7.03. The molecule has 1 fully saturated rings. The topological polar surface area (TPSA) is 84.9 Å². The van der Waals surface area contributed by atoms with Crippen molar-refractivity contribution >= 4 is 11.9 Å². The van der Waals surface area contributed by atoms with Gasteiger partial charge in [0.15, 0.2) is 0 Å². The molecule has 2 aromatic carbocycles. The normalized spacial score (nSPS) is 17.1. The Labute approximate surface area is 164 Å². The lowest BCUT2D eigenvalue weighted by Gasteiger charge is -2.19. The van der Waals surface area contributed by atoms with E-state index < -0.39 is 5.97 Å². The van der Waals surface area contributed by atoms with Gasteiger partial charge in [0.25, 0.3) is 5.91 Å². The fourth-order valence-corrected chi connectivity index (χ4v) is 3.21. The van der Waals surface area contributed by atoms with Gasteiger partial charge >= 0.3 is 5.97 Å². The third-order valence-electron chi connectivity index (χ3n) is 4.71. The molecule has 1 aliphatic heterocycles. The number of carbonyl (C=O) groups is 2. The van der Waals surface area contributed by atoms with Gasteiger partial charge in [0.05, 0.1) is 12.1 Å². The van der Waals surface area contributed by atoms with Gasteiger partial charge in [0, 0.05) is 18.6 Å². The predicted octanol–water partition coefficient (Wildman–Crippen LogP) is 3.58. The molecule has 0 saturated carbocycles. The number of carbonyl (C=O) groups excluding carboxylic acids is 1. The standard InChI is InChI=1S/C22H25NO5/c24-21(25)12-11-20(16-6-2-1-3-7-16)23-22(26)17-8-4-9-18(14-17)28-15-19-10-5-13-27-19/h1-4,6-9,14,19-20H,5,10-13,15H2,(H,23,26)(H,24,25). The van der Waals surface area contributed by atoms with Gasteiger partial charge in [-0.25, -0.2) is 0 Å². The summed E-state index contributed by atoms with van der Waals surface area (Å²) in [6, 6.07) is 16.0. The van der Waals surface area contributed by atoms with Crippen LogP contribution < -0.4 is 10.1 Å². The van der Waals surface area contributed by atoms with Crippen molar-refractivity contribution in [3.8, 4) is 5.75 Å². The molecule has 0 bridgehead atoms. The zero-order chi connectivity index (χ0) is 19.8. The molecule has 2 atom stereocenters. The third kappa shape index (κ3) is 5.82. The molecule has 6 nitrogen and oxygen atoms in total. The Bertz CT molecular complexity index is 787. The number of nitrogens with one attached hydrogen (secondary N) is 1. The van der Waals surface area contributed by atoms with E-state index in [2.05, 4.69) is 5.32 Å². The Hall–Kier alpha value is -2.86. The minimum absolute atomic E-state index is 0.0234. The number of hydrogen-bond donors (Lipinski definition) is 2. The summed E-state index contributed by atoms with van der Waals surface area (Å²) >= 11 is 0. The van der Waals surface area contributed by atoms with E-state index in [1.165, 1.54) is 0 Å². The molecule has 1 saturated heterocycles. The summed E-state index contributed by atoms with van der Waals surface area (Å²) in [5.41, 5.74) is 1.35. The van der Waals surface area contributed by atoms with Crippen molar-refractivity contribution in [2.45, 2.75) is 37.8 Å². The van der Waals surface area contributed by atoms with E-state index in [0.717, 1.165) is 25.0 Å². The first-order chi connectivity index (χ1) is 13.6. The zero-order valence-corrected chi connectivity index (χ0v) is 15.7. The zero-order valence-electron chi connectivity index (χ0n) is 15.7. The van der Waals surface area contributed by atoms with Gasteiger partial charge in [0.2, 0.25) is 0 Å². The van der Waals surface area contributed by atoms with Crippen LogP contribution in [-0.4, -0.2) is 36.3 Å². The van der Waals surface area contributed by atoms with Gasteiger partial charge in [-0.1, -0.05) is 36.4 Å². The summed E-state index contributed by atoms with van der Waals surface area (Å²) in [6.07, 6.45) is 2.44. The van der Waals surface area contributed by atoms with E-state index in [4.69, 9.17) is 14.6 Å². The maximum absolute atomic E-state index is 12.7. The second kappa shape index (κ2) is 9.90. The number of hydrogen-bond acceptors (Lipinski definition) is 4. The maximum Gasteiger partial charge on any atom is 0.303 e.